The van der Waals surface area contributed by atoms with E-state index in [9.17, 15) is 9.18 Å². The van der Waals surface area contributed by atoms with Gasteiger partial charge in [0.2, 0.25) is 0 Å². The summed E-state index contributed by atoms with van der Waals surface area (Å²) in [6.07, 6.45) is 0. The second kappa shape index (κ2) is 8.01. The smallest absolute Gasteiger partial charge is 0.274 e. The molecule has 0 saturated carbocycles. The van der Waals surface area contributed by atoms with Gasteiger partial charge in [0.05, 0.1) is 12.1 Å². The molecule has 1 aromatic heterocycles. The molecule has 27 heavy (non-hydrogen) atoms. The van der Waals surface area contributed by atoms with Gasteiger partial charge in [0.1, 0.15) is 28.9 Å². The number of hydrogen-bond acceptors (Lipinski definition) is 5. The third kappa shape index (κ3) is 4.71. The summed E-state index contributed by atoms with van der Waals surface area (Å²) in [5, 5.41) is 6.13. The van der Waals surface area contributed by atoms with Crippen molar-refractivity contribution in [1.82, 2.24) is 9.97 Å². The third-order valence-electron chi connectivity index (χ3n) is 3.60. The summed E-state index contributed by atoms with van der Waals surface area (Å²) in [5.74, 6) is 0.604. The van der Waals surface area contributed by atoms with Gasteiger partial charge in [0.25, 0.3) is 5.91 Å². The topological polar surface area (TPSA) is 76.1 Å². The normalized spacial score (nSPS) is 10.4. The molecule has 3 rings (SSSR count). The van der Waals surface area contributed by atoms with Crippen LogP contribution in [-0.4, -0.2) is 23.0 Å². The van der Waals surface area contributed by atoms with E-state index in [1.165, 1.54) is 25.3 Å². The van der Waals surface area contributed by atoms with E-state index in [1.807, 2.05) is 0 Å². The SMILES string of the molecule is COc1ccc(NC(=O)c2cc(Nc3ccc(F)cc3)nc(C)n2)cc1Cl. The van der Waals surface area contributed by atoms with Crippen LogP contribution in [0.1, 0.15) is 16.3 Å². The van der Waals surface area contributed by atoms with Crippen molar-refractivity contribution in [3.05, 3.63) is 70.9 Å². The van der Waals surface area contributed by atoms with E-state index in [2.05, 4.69) is 20.6 Å². The number of rotatable bonds is 5. The van der Waals surface area contributed by atoms with Crippen LogP contribution >= 0.6 is 11.6 Å². The largest absolute Gasteiger partial charge is 0.495 e. The van der Waals surface area contributed by atoms with Crippen LogP contribution in [-0.2, 0) is 0 Å². The molecule has 3 aromatic rings. The quantitative estimate of drug-likeness (QED) is 0.671. The molecule has 8 heteroatoms. The van der Waals surface area contributed by atoms with Gasteiger partial charge in [-0.25, -0.2) is 14.4 Å². The van der Waals surface area contributed by atoms with E-state index in [-0.39, 0.29) is 11.5 Å². The fourth-order valence-electron chi connectivity index (χ4n) is 2.37. The van der Waals surface area contributed by atoms with Gasteiger partial charge in [-0.2, -0.15) is 0 Å². The summed E-state index contributed by atoms with van der Waals surface area (Å²) >= 11 is 6.07. The van der Waals surface area contributed by atoms with Crippen molar-refractivity contribution in [1.29, 1.82) is 0 Å². The molecular formula is C19H16ClFN4O2. The lowest BCUT2D eigenvalue weighted by Gasteiger charge is -2.10. The van der Waals surface area contributed by atoms with Crippen LogP contribution in [0.3, 0.4) is 0 Å². The monoisotopic (exact) mass is 386 g/mol. The van der Waals surface area contributed by atoms with Crippen LogP contribution in [0.2, 0.25) is 5.02 Å². The van der Waals surface area contributed by atoms with E-state index < -0.39 is 5.91 Å². The van der Waals surface area contributed by atoms with E-state index in [0.29, 0.717) is 33.8 Å². The van der Waals surface area contributed by atoms with Crippen molar-refractivity contribution in [3.63, 3.8) is 0 Å². The Labute approximate surface area is 160 Å². The highest BCUT2D eigenvalue weighted by molar-refractivity contribution is 6.32. The van der Waals surface area contributed by atoms with Gasteiger partial charge >= 0.3 is 0 Å². The molecule has 6 nitrogen and oxygen atoms in total. The maximum atomic E-state index is 13.0. The Kier molecular flexibility index (Phi) is 5.52. The number of methoxy groups -OCH3 is 1. The van der Waals surface area contributed by atoms with Crippen molar-refractivity contribution >= 4 is 34.7 Å². The predicted molar refractivity (Wildman–Crippen MR) is 102 cm³/mol. The first kappa shape index (κ1) is 18.6. The highest BCUT2D eigenvalue weighted by Crippen LogP contribution is 2.27. The summed E-state index contributed by atoms with van der Waals surface area (Å²) in [7, 11) is 1.51. The number of carbonyl (C=O) groups excluding carboxylic acids is 1. The Hall–Kier alpha value is -3.19. The maximum Gasteiger partial charge on any atom is 0.274 e. The first-order valence-electron chi connectivity index (χ1n) is 7.98. The standard InChI is InChI=1S/C19H16ClFN4O2/c1-11-22-16(10-18(23-11)24-13-5-3-12(21)4-6-13)19(26)25-14-7-8-17(27-2)15(20)9-14/h3-10H,1-2H3,(H,25,26)(H,22,23,24). The third-order valence-corrected chi connectivity index (χ3v) is 3.89. The van der Waals surface area contributed by atoms with Crippen molar-refractivity contribution in [2.75, 3.05) is 17.7 Å². The van der Waals surface area contributed by atoms with Gasteiger partial charge in [0.15, 0.2) is 0 Å². The minimum absolute atomic E-state index is 0.180. The Morgan fingerprint density at radius 1 is 1.07 bits per heavy atom. The summed E-state index contributed by atoms with van der Waals surface area (Å²) in [4.78, 5) is 20.9. The van der Waals surface area contributed by atoms with Gasteiger partial charge < -0.3 is 15.4 Å². The Bertz CT molecular complexity index is 980. The van der Waals surface area contributed by atoms with Crippen LogP contribution in [0, 0.1) is 12.7 Å². The number of nitrogens with zero attached hydrogens (tertiary/aromatic N) is 2. The van der Waals surface area contributed by atoms with Crippen molar-refractivity contribution in [2.45, 2.75) is 6.92 Å². The molecule has 2 N–H and O–H groups in total. The average Bonchev–Trinajstić information content (AvgIpc) is 2.63. The lowest BCUT2D eigenvalue weighted by atomic mass is 10.2. The lowest BCUT2D eigenvalue weighted by molar-refractivity contribution is 0.102. The van der Waals surface area contributed by atoms with Gasteiger partial charge in [-0.1, -0.05) is 11.6 Å². The first-order chi connectivity index (χ1) is 12.9. The highest BCUT2D eigenvalue weighted by Gasteiger charge is 2.12. The molecule has 0 bridgehead atoms. The first-order valence-corrected chi connectivity index (χ1v) is 8.35. The minimum Gasteiger partial charge on any atom is -0.495 e. The number of aromatic nitrogens is 2. The molecule has 2 aromatic carbocycles. The van der Waals surface area contributed by atoms with Gasteiger partial charge in [0, 0.05) is 17.4 Å². The summed E-state index contributed by atoms with van der Waals surface area (Å²) in [6, 6.07) is 12.2. The van der Waals surface area contributed by atoms with E-state index in [4.69, 9.17) is 16.3 Å². The molecule has 1 heterocycles. The van der Waals surface area contributed by atoms with Crippen LogP contribution in [0.25, 0.3) is 0 Å². The van der Waals surface area contributed by atoms with E-state index in [1.54, 1.807) is 37.3 Å². The average molecular weight is 387 g/mol. The van der Waals surface area contributed by atoms with Gasteiger partial charge in [-0.15, -0.1) is 0 Å². The van der Waals surface area contributed by atoms with Crippen LogP contribution in [0.5, 0.6) is 5.75 Å². The highest BCUT2D eigenvalue weighted by atomic mass is 35.5. The predicted octanol–water partition coefficient (Wildman–Crippen LogP) is 4.58. The number of anilines is 3. The molecule has 0 unspecified atom stereocenters. The molecule has 1 amide bonds. The molecule has 138 valence electrons. The molecule has 0 spiro atoms. The molecule has 0 saturated heterocycles. The van der Waals surface area contributed by atoms with Gasteiger partial charge in [-0.05, 0) is 49.4 Å². The molecule has 0 aliphatic rings. The molecule has 0 aliphatic carbocycles. The number of carbonyl (C=O) groups is 1. The zero-order valence-corrected chi connectivity index (χ0v) is 15.3. The summed E-state index contributed by atoms with van der Waals surface area (Å²) in [6.45, 7) is 1.68. The zero-order chi connectivity index (χ0) is 19.4. The van der Waals surface area contributed by atoms with Crippen LogP contribution < -0.4 is 15.4 Å². The van der Waals surface area contributed by atoms with Crippen molar-refractivity contribution < 1.29 is 13.9 Å². The zero-order valence-electron chi connectivity index (χ0n) is 14.6. The lowest BCUT2D eigenvalue weighted by Crippen LogP contribution is -2.15. The maximum absolute atomic E-state index is 13.0. The van der Waals surface area contributed by atoms with Gasteiger partial charge in [-0.3, -0.25) is 4.79 Å². The number of halogens is 2. The number of nitrogens with one attached hydrogen (secondary N) is 2. The molecule has 0 aliphatic heterocycles. The Balaban J connectivity index is 1.79. The second-order valence-corrected chi connectivity index (χ2v) is 6.03. The number of benzene rings is 2. The van der Waals surface area contributed by atoms with Crippen LogP contribution in [0.4, 0.5) is 21.6 Å². The molecular weight excluding hydrogens is 371 g/mol. The van der Waals surface area contributed by atoms with Crippen molar-refractivity contribution in [2.24, 2.45) is 0 Å². The Morgan fingerprint density at radius 2 is 1.78 bits per heavy atom. The van der Waals surface area contributed by atoms with Crippen LogP contribution in [0.15, 0.2) is 48.5 Å². The van der Waals surface area contributed by atoms with E-state index >= 15 is 0 Å². The molecule has 0 fully saturated rings. The summed E-state index contributed by atoms with van der Waals surface area (Å²) < 4.78 is 18.1. The van der Waals surface area contributed by atoms with Crippen molar-refractivity contribution in [3.8, 4) is 5.75 Å². The summed E-state index contributed by atoms with van der Waals surface area (Å²) in [5.41, 5.74) is 1.33. The number of ether oxygens (including phenoxy) is 1. The Morgan fingerprint density at radius 3 is 2.44 bits per heavy atom. The second-order valence-electron chi connectivity index (χ2n) is 5.62. The minimum atomic E-state index is -0.413. The fourth-order valence-corrected chi connectivity index (χ4v) is 2.63. The fraction of sp³-hybridized carbons (Fsp3) is 0.105. The number of hydrogen-bond donors (Lipinski definition) is 2. The number of aryl methyl sites for hydroxylation is 1. The van der Waals surface area contributed by atoms with E-state index in [0.717, 1.165) is 0 Å². The molecule has 0 atom stereocenters. The molecule has 0 radical (unpaired) electrons. The number of amides is 1.